The first-order valence-electron chi connectivity index (χ1n) is 17.4. The van der Waals surface area contributed by atoms with E-state index in [0.29, 0.717) is 21.7 Å². The summed E-state index contributed by atoms with van der Waals surface area (Å²) in [7, 11) is 0. The van der Waals surface area contributed by atoms with E-state index in [-0.39, 0.29) is 48.0 Å². The SMILES string of the molecule is CCOc1cc([C@H]2C3=CC[C@@H]4C(=O)N(c5cccc([N+](=O)[O-])c5)C(=O)[C@@H]4[C@@H]3C[C@H]3C(=O)N(Nc4ccc(F)cc4)C(=O)[C@@]23c2ccc(Cl)cc2)ccc1O. The molecular formula is C40H32ClFN4O8. The Labute approximate surface area is 312 Å². The topological polar surface area (TPSA) is 159 Å². The van der Waals surface area contributed by atoms with Gasteiger partial charge in [0, 0.05) is 23.1 Å². The number of phenols is 1. The molecule has 0 unspecified atom stereocenters. The Morgan fingerprint density at radius 3 is 2.41 bits per heavy atom. The van der Waals surface area contributed by atoms with E-state index in [2.05, 4.69) is 5.43 Å². The number of carbonyl (C=O) groups is 4. The van der Waals surface area contributed by atoms with Crippen LogP contribution in [0.15, 0.2) is 103 Å². The van der Waals surface area contributed by atoms with Gasteiger partial charge in [-0.1, -0.05) is 47.5 Å². The molecule has 54 heavy (non-hydrogen) atoms. The average molecular weight is 751 g/mol. The lowest BCUT2D eigenvalue weighted by Gasteiger charge is -2.50. The Morgan fingerprint density at radius 2 is 1.70 bits per heavy atom. The molecule has 14 heteroatoms. The predicted molar refractivity (Wildman–Crippen MR) is 194 cm³/mol. The van der Waals surface area contributed by atoms with Crippen LogP contribution >= 0.6 is 11.6 Å². The van der Waals surface area contributed by atoms with E-state index in [4.69, 9.17) is 16.3 Å². The maximum Gasteiger partial charge on any atom is 0.271 e. The second-order valence-electron chi connectivity index (χ2n) is 13.8. The third-order valence-electron chi connectivity index (χ3n) is 11.2. The molecule has 4 aromatic rings. The number of aromatic hydroxyl groups is 1. The van der Waals surface area contributed by atoms with E-state index in [1.165, 1.54) is 54.6 Å². The Bertz CT molecular complexity index is 2280. The Kier molecular flexibility index (Phi) is 8.48. The van der Waals surface area contributed by atoms with Gasteiger partial charge in [-0.2, -0.15) is 5.01 Å². The van der Waals surface area contributed by atoms with Crippen molar-refractivity contribution in [1.29, 1.82) is 0 Å². The first kappa shape index (κ1) is 35.0. The lowest BCUT2D eigenvalue weighted by atomic mass is 9.49. The van der Waals surface area contributed by atoms with Crippen molar-refractivity contribution in [1.82, 2.24) is 5.01 Å². The number of nitro groups is 1. The van der Waals surface area contributed by atoms with Crippen molar-refractivity contribution < 1.29 is 38.3 Å². The summed E-state index contributed by atoms with van der Waals surface area (Å²) in [6, 6.07) is 21.9. The van der Waals surface area contributed by atoms with Crippen LogP contribution in [0.5, 0.6) is 11.5 Å². The van der Waals surface area contributed by atoms with Crippen molar-refractivity contribution in [2.75, 3.05) is 16.9 Å². The highest BCUT2D eigenvalue weighted by Crippen LogP contribution is 2.64. The number of halogens is 2. The molecule has 2 aliphatic heterocycles. The van der Waals surface area contributed by atoms with E-state index in [1.807, 2.05) is 6.08 Å². The molecule has 12 nitrogen and oxygen atoms in total. The standard InChI is InChI=1S/C40H32ClFN4O8/c1-2-54-33-18-21(6-17-32(33)47)35-28-15-16-29-34(38(50)44(36(29)48)26-4-3-5-27(19-26)46(52)53)30(28)20-31-37(49)45(43-25-13-11-24(42)12-14-25)39(51)40(31,35)22-7-9-23(41)10-8-22/h3-15,17-19,29-31,34-35,43,47H,2,16,20H2,1H3/t29-,30+,31-,34-,35-,40+/m0/s1. The quantitative estimate of drug-likeness (QED) is 0.0867. The summed E-state index contributed by atoms with van der Waals surface area (Å²) in [5.74, 6) is -7.27. The number of phenolic OH excluding ortho intramolecular Hbond substituents is 1. The van der Waals surface area contributed by atoms with Crippen LogP contribution in [0.4, 0.5) is 21.5 Å². The van der Waals surface area contributed by atoms with Gasteiger partial charge in [0.2, 0.25) is 11.8 Å². The number of allylic oxidation sites excluding steroid dienone is 2. The molecule has 4 aromatic carbocycles. The number of hydrogen-bond acceptors (Lipinski definition) is 9. The largest absolute Gasteiger partial charge is 0.504 e. The highest BCUT2D eigenvalue weighted by atomic mass is 35.5. The number of carbonyl (C=O) groups excluding carboxylic acids is 4. The number of nitrogens with one attached hydrogen (secondary N) is 1. The first-order chi connectivity index (χ1) is 25.9. The van der Waals surface area contributed by atoms with E-state index in [9.17, 15) is 34.0 Å². The number of rotatable bonds is 8. The van der Waals surface area contributed by atoms with Crippen LogP contribution in [0, 0.1) is 39.6 Å². The van der Waals surface area contributed by atoms with E-state index in [0.717, 1.165) is 9.91 Å². The highest BCUT2D eigenvalue weighted by Gasteiger charge is 2.70. The van der Waals surface area contributed by atoms with Crippen molar-refractivity contribution >= 4 is 52.3 Å². The van der Waals surface area contributed by atoms with Crippen molar-refractivity contribution in [3.8, 4) is 11.5 Å². The minimum Gasteiger partial charge on any atom is -0.504 e. The molecule has 2 N–H and O–H groups in total. The van der Waals surface area contributed by atoms with Gasteiger partial charge in [-0.05, 0) is 91.4 Å². The molecule has 1 saturated carbocycles. The monoisotopic (exact) mass is 750 g/mol. The van der Waals surface area contributed by atoms with Crippen LogP contribution in [0.1, 0.15) is 36.8 Å². The smallest absolute Gasteiger partial charge is 0.271 e. The zero-order valence-corrected chi connectivity index (χ0v) is 29.4. The van der Waals surface area contributed by atoms with Crippen LogP contribution in [0.2, 0.25) is 5.02 Å². The number of ether oxygens (including phenoxy) is 1. The fourth-order valence-corrected chi connectivity index (χ4v) is 9.14. The van der Waals surface area contributed by atoms with Gasteiger partial charge in [-0.25, -0.2) is 9.29 Å². The molecule has 274 valence electrons. The summed E-state index contributed by atoms with van der Waals surface area (Å²) < 4.78 is 19.7. The minimum absolute atomic E-state index is 0.00348. The van der Waals surface area contributed by atoms with E-state index < -0.39 is 69.4 Å². The molecule has 4 aliphatic rings. The maximum absolute atomic E-state index is 15.3. The Morgan fingerprint density at radius 1 is 0.963 bits per heavy atom. The van der Waals surface area contributed by atoms with Gasteiger partial charge in [0.05, 0.1) is 46.1 Å². The van der Waals surface area contributed by atoms with Gasteiger partial charge in [-0.15, -0.1) is 0 Å². The van der Waals surface area contributed by atoms with Gasteiger partial charge in [0.25, 0.3) is 17.5 Å². The number of hydrazine groups is 1. The molecule has 2 aliphatic carbocycles. The van der Waals surface area contributed by atoms with Gasteiger partial charge >= 0.3 is 0 Å². The van der Waals surface area contributed by atoms with Crippen LogP contribution in [-0.2, 0) is 24.6 Å². The molecule has 8 rings (SSSR count). The number of amides is 4. The second-order valence-corrected chi connectivity index (χ2v) is 14.3. The fourth-order valence-electron chi connectivity index (χ4n) is 9.01. The van der Waals surface area contributed by atoms with E-state index in [1.54, 1.807) is 43.3 Å². The first-order valence-corrected chi connectivity index (χ1v) is 17.8. The zero-order chi connectivity index (χ0) is 38.1. The number of nitrogens with zero attached hydrogens (tertiary/aromatic N) is 3. The molecular weight excluding hydrogens is 719 g/mol. The molecule has 2 heterocycles. The zero-order valence-electron chi connectivity index (χ0n) is 28.6. The van der Waals surface area contributed by atoms with Gasteiger partial charge in [0.1, 0.15) is 5.82 Å². The number of hydrogen-bond donors (Lipinski definition) is 2. The van der Waals surface area contributed by atoms with Crippen LogP contribution in [0.3, 0.4) is 0 Å². The highest BCUT2D eigenvalue weighted by molar-refractivity contribution is 6.30. The molecule has 0 spiro atoms. The predicted octanol–water partition coefficient (Wildman–Crippen LogP) is 6.68. The average Bonchev–Trinajstić information content (AvgIpc) is 3.54. The number of anilines is 2. The number of nitro benzene ring substituents is 1. The maximum atomic E-state index is 15.3. The summed E-state index contributed by atoms with van der Waals surface area (Å²) in [4.78, 5) is 70.6. The van der Waals surface area contributed by atoms with E-state index >= 15 is 4.79 Å². The Hall–Kier alpha value is -6.08. The number of fused-ring (bicyclic) bond motifs is 4. The van der Waals surface area contributed by atoms with Crippen molar-refractivity contribution in [2.45, 2.75) is 31.1 Å². The number of imide groups is 2. The van der Waals surface area contributed by atoms with Crippen LogP contribution in [0.25, 0.3) is 0 Å². The Balaban J connectivity index is 1.32. The summed E-state index contributed by atoms with van der Waals surface area (Å²) in [6.45, 7) is 1.98. The molecule has 3 fully saturated rings. The second kappa shape index (κ2) is 13.1. The minimum atomic E-state index is -1.63. The van der Waals surface area contributed by atoms with Crippen molar-refractivity contribution in [3.05, 3.63) is 135 Å². The molecule has 4 amide bonds. The molecule has 6 atom stereocenters. The van der Waals surface area contributed by atoms with Crippen LogP contribution in [-0.4, -0.2) is 45.3 Å². The molecule has 0 aromatic heterocycles. The summed E-state index contributed by atoms with van der Waals surface area (Å²) in [5.41, 5.74) is 2.99. The number of non-ortho nitro benzene ring substituents is 1. The lowest BCUT2D eigenvalue weighted by Crippen LogP contribution is -2.53. The fraction of sp³-hybridized carbons (Fsp3) is 0.250. The molecule has 0 bridgehead atoms. The summed E-state index contributed by atoms with van der Waals surface area (Å²) >= 11 is 6.35. The molecule has 0 radical (unpaired) electrons. The van der Waals surface area contributed by atoms with Crippen molar-refractivity contribution in [3.63, 3.8) is 0 Å². The normalized spacial score (nSPS) is 25.9. The third-order valence-corrected chi connectivity index (χ3v) is 11.4. The van der Waals surface area contributed by atoms with Gasteiger partial charge in [0.15, 0.2) is 11.5 Å². The van der Waals surface area contributed by atoms with Crippen molar-refractivity contribution in [2.24, 2.45) is 23.7 Å². The molecule has 2 saturated heterocycles. The van der Waals surface area contributed by atoms with Crippen LogP contribution < -0.4 is 15.1 Å². The van der Waals surface area contributed by atoms with Gasteiger partial charge in [-0.3, -0.25) is 34.7 Å². The lowest BCUT2D eigenvalue weighted by molar-refractivity contribution is -0.384. The van der Waals surface area contributed by atoms with Gasteiger partial charge < -0.3 is 9.84 Å². The number of benzene rings is 4. The summed E-state index contributed by atoms with van der Waals surface area (Å²) in [6.07, 6.45) is 1.99. The summed E-state index contributed by atoms with van der Waals surface area (Å²) in [5, 5.41) is 23.7. The third kappa shape index (κ3) is 5.24.